The van der Waals surface area contributed by atoms with Gasteiger partial charge in [0.05, 0.1) is 0 Å². The van der Waals surface area contributed by atoms with Gasteiger partial charge in [-0.05, 0) is 60.8 Å². The van der Waals surface area contributed by atoms with E-state index in [1.807, 2.05) is 0 Å². The van der Waals surface area contributed by atoms with E-state index in [9.17, 15) is 4.79 Å². The van der Waals surface area contributed by atoms with Crippen LogP contribution in [0, 0.1) is 22.7 Å². The van der Waals surface area contributed by atoms with E-state index in [-0.39, 0.29) is 5.41 Å². The van der Waals surface area contributed by atoms with Gasteiger partial charge in [0.25, 0.3) is 0 Å². The van der Waals surface area contributed by atoms with E-state index in [1.165, 1.54) is 31.3 Å². The molecule has 0 heterocycles. The van der Waals surface area contributed by atoms with Crippen LogP contribution in [-0.2, 0) is 4.79 Å². The number of hydrogen-bond donors (Lipinski definition) is 0. The minimum Gasteiger partial charge on any atom is -0.295 e. The largest absolute Gasteiger partial charge is 0.295 e. The van der Waals surface area contributed by atoms with E-state index >= 15 is 0 Å². The molecule has 0 aromatic carbocycles. The van der Waals surface area contributed by atoms with Gasteiger partial charge in [-0.15, -0.1) is 0 Å². The second-order valence-corrected chi connectivity index (χ2v) is 8.48. The van der Waals surface area contributed by atoms with Crippen molar-refractivity contribution >= 4 is 5.78 Å². The minimum atomic E-state index is 0.272. The van der Waals surface area contributed by atoms with Crippen molar-refractivity contribution in [2.45, 2.75) is 80.1 Å². The van der Waals surface area contributed by atoms with Crippen molar-refractivity contribution < 1.29 is 4.79 Å². The highest BCUT2D eigenvalue weighted by Crippen LogP contribution is 2.59. The molecule has 0 radical (unpaired) electrons. The van der Waals surface area contributed by atoms with E-state index < -0.39 is 0 Å². The summed E-state index contributed by atoms with van der Waals surface area (Å²) in [5.74, 6) is 1.68. The summed E-state index contributed by atoms with van der Waals surface area (Å²) in [6.07, 6.45) is 6.98. The number of Topliss-reactive ketones (excluding diaryl/α,β-unsaturated/α-hetero) is 1. The summed E-state index contributed by atoms with van der Waals surface area (Å²) in [7, 11) is 0. The molecule has 1 fully saturated rings. The molecule has 114 valence electrons. The standard InChI is InChI=1S/C19H32O/c1-13(2)8-9-15-14(3)16(20)12-17-18(4,5)10-7-11-19(15,17)6/h13,17H,7-12H2,1-6H3/t17-,19+/m0/s1. The van der Waals surface area contributed by atoms with Crippen LogP contribution in [0.15, 0.2) is 11.1 Å². The van der Waals surface area contributed by atoms with Gasteiger partial charge >= 0.3 is 0 Å². The van der Waals surface area contributed by atoms with Crippen LogP contribution in [0.4, 0.5) is 0 Å². The van der Waals surface area contributed by atoms with Crippen LogP contribution in [-0.4, -0.2) is 5.78 Å². The van der Waals surface area contributed by atoms with E-state index in [4.69, 9.17) is 0 Å². The Morgan fingerprint density at radius 3 is 2.45 bits per heavy atom. The molecule has 1 saturated carbocycles. The molecule has 0 spiro atoms. The molecule has 20 heavy (non-hydrogen) atoms. The van der Waals surface area contributed by atoms with Crippen LogP contribution in [0.25, 0.3) is 0 Å². The summed E-state index contributed by atoms with van der Waals surface area (Å²) in [5.41, 5.74) is 3.18. The molecule has 2 rings (SSSR count). The molecule has 0 aromatic heterocycles. The fraction of sp³-hybridized carbons (Fsp3) is 0.842. The Morgan fingerprint density at radius 2 is 1.85 bits per heavy atom. The minimum absolute atomic E-state index is 0.272. The summed E-state index contributed by atoms with van der Waals surface area (Å²) >= 11 is 0. The highest BCUT2D eigenvalue weighted by Gasteiger charge is 2.51. The number of allylic oxidation sites excluding steroid dienone is 2. The SMILES string of the molecule is CC1=C(CCC(C)C)[C@@]2(C)CCCC(C)(C)[C@@H]2CC1=O. The first-order valence-corrected chi connectivity index (χ1v) is 8.42. The molecule has 2 aliphatic carbocycles. The van der Waals surface area contributed by atoms with Gasteiger partial charge in [0.15, 0.2) is 5.78 Å². The zero-order chi connectivity index (χ0) is 15.1. The van der Waals surface area contributed by atoms with E-state index in [1.54, 1.807) is 0 Å². The molecule has 0 unspecified atom stereocenters. The molecular weight excluding hydrogens is 244 g/mol. The molecule has 0 aliphatic heterocycles. The van der Waals surface area contributed by atoms with Crippen LogP contribution in [0.1, 0.15) is 80.1 Å². The first-order valence-electron chi connectivity index (χ1n) is 8.42. The van der Waals surface area contributed by atoms with Crippen molar-refractivity contribution in [1.82, 2.24) is 0 Å². The van der Waals surface area contributed by atoms with Crippen LogP contribution < -0.4 is 0 Å². The van der Waals surface area contributed by atoms with E-state index in [0.29, 0.717) is 23.0 Å². The lowest BCUT2D eigenvalue weighted by Gasteiger charge is -2.54. The van der Waals surface area contributed by atoms with E-state index in [0.717, 1.165) is 18.4 Å². The van der Waals surface area contributed by atoms with Crippen LogP contribution in [0.2, 0.25) is 0 Å². The average Bonchev–Trinajstić information content (AvgIpc) is 2.31. The molecule has 0 amide bonds. The molecule has 0 aromatic rings. The number of carbonyl (C=O) groups is 1. The topological polar surface area (TPSA) is 17.1 Å². The molecule has 0 N–H and O–H groups in total. The van der Waals surface area contributed by atoms with Gasteiger partial charge in [-0.25, -0.2) is 0 Å². The zero-order valence-electron chi connectivity index (χ0n) is 14.3. The lowest BCUT2D eigenvalue weighted by molar-refractivity contribution is -0.122. The van der Waals surface area contributed by atoms with Crippen molar-refractivity contribution in [3.63, 3.8) is 0 Å². The zero-order valence-corrected chi connectivity index (χ0v) is 14.3. The summed E-state index contributed by atoms with van der Waals surface area (Å²) in [6.45, 7) is 13.9. The first-order chi connectivity index (χ1) is 9.18. The predicted octanol–water partition coefficient (Wildman–Crippen LogP) is 5.54. The Morgan fingerprint density at radius 1 is 1.20 bits per heavy atom. The first kappa shape index (κ1) is 15.8. The van der Waals surface area contributed by atoms with Crippen molar-refractivity contribution in [2.75, 3.05) is 0 Å². The number of rotatable bonds is 3. The molecule has 0 saturated heterocycles. The van der Waals surface area contributed by atoms with E-state index in [2.05, 4.69) is 41.5 Å². The summed E-state index contributed by atoms with van der Waals surface area (Å²) in [4.78, 5) is 12.5. The normalized spacial score (nSPS) is 33.5. The van der Waals surface area contributed by atoms with Crippen LogP contribution in [0.3, 0.4) is 0 Å². The van der Waals surface area contributed by atoms with Gasteiger partial charge < -0.3 is 0 Å². The van der Waals surface area contributed by atoms with Gasteiger partial charge in [0.2, 0.25) is 0 Å². The highest BCUT2D eigenvalue weighted by atomic mass is 16.1. The number of fused-ring (bicyclic) bond motifs is 1. The Labute approximate surface area is 125 Å². The van der Waals surface area contributed by atoms with Gasteiger partial charge in [0.1, 0.15) is 0 Å². The molecule has 1 heteroatoms. The Kier molecular flexibility index (Phi) is 4.19. The monoisotopic (exact) mass is 276 g/mol. The second kappa shape index (κ2) is 5.31. The van der Waals surface area contributed by atoms with Crippen molar-refractivity contribution in [1.29, 1.82) is 0 Å². The maximum Gasteiger partial charge on any atom is 0.158 e. The highest BCUT2D eigenvalue weighted by molar-refractivity contribution is 5.97. The van der Waals surface area contributed by atoms with Gasteiger partial charge in [0, 0.05) is 6.42 Å². The van der Waals surface area contributed by atoms with Gasteiger partial charge in [-0.3, -0.25) is 4.79 Å². The number of hydrogen-bond acceptors (Lipinski definition) is 1. The fourth-order valence-corrected chi connectivity index (χ4v) is 4.83. The molecule has 2 atom stereocenters. The lowest BCUT2D eigenvalue weighted by Crippen LogP contribution is -2.47. The van der Waals surface area contributed by atoms with Gasteiger partial charge in [-0.1, -0.05) is 46.6 Å². The fourth-order valence-electron chi connectivity index (χ4n) is 4.83. The summed E-state index contributed by atoms with van der Waals surface area (Å²) < 4.78 is 0. The second-order valence-electron chi connectivity index (χ2n) is 8.48. The van der Waals surface area contributed by atoms with Crippen molar-refractivity contribution in [3.8, 4) is 0 Å². The summed E-state index contributed by atoms with van der Waals surface area (Å²) in [5, 5.41) is 0. The Bertz CT molecular complexity index is 427. The molecule has 2 aliphatic rings. The maximum absolute atomic E-state index is 12.5. The van der Waals surface area contributed by atoms with Gasteiger partial charge in [-0.2, -0.15) is 0 Å². The van der Waals surface area contributed by atoms with Crippen molar-refractivity contribution in [3.05, 3.63) is 11.1 Å². The molecule has 0 bridgehead atoms. The molecule has 1 nitrogen and oxygen atoms in total. The quantitative estimate of drug-likeness (QED) is 0.661. The third-order valence-electron chi connectivity index (χ3n) is 6.15. The average molecular weight is 276 g/mol. The summed E-state index contributed by atoms with van der Waals surface area (Å²) in [6, 6.07) is 0. The third kappa shape index (κ3) is 2.61. The van der Waals surface area contributed by atoms with Crippen molar-refractivity contribution in [2.24, 2.45) is 22.7 Å². The number of carbonyl (C=O) groups excluding carboxylic acids is 1. The Hall–Kier alpha value is -0.590. The third-order valence-corrected chi connectivity index (χ3v) is 6.15. The Balaban J connectivity index is 2.39. The van der Waals surface area contributed by atoms with Crippen LogP contribution >= 0.6 is 0 Å². The predicted molar refractivity (Wildman–Crippen MR) is 85.6 cm³/mol. The van der Waals surface area contributed by atoms with Crippen LogP contribution in [0.5, 0.6) is 0 Å². The lowest BCUT2D eigenvalue weighted by atomic mass is 9.49. The number of ketones is 1. The smallest absolute Gasteiger partial charge is 0.158 e. The molecular formula is C19H32O. The maximum atomic E-state index is 12.5.